The lowest BCUT2D eigenvalue weighted by Crippen LogP contribution is -2.33. The molecule has 2 heterocycles. The van der Waals surface area contributed by atoms with E-state index in [2.05, 4.69) is 5.32 Å². The number of nitrogens with one attached hydrogen (secondary N) is 1. The van der Waals surface area contributed by atoms with E-state index >= 15 is 0 Å². The molecule has 4 amide bonds. The molecule has 0 atom stereocenters. The highest BCUT2D eigenvalue weighted by Crippen LogP contribution is 2.29. The van der Waals surface area contributed by atoms with Crippen molar-refractivity contribution in [2.75, 3.05) is 23.3 Å². The van der Waals surface area contributed by atoms with Crippen LogP contribution in [0, 0.1) is 0 Å². The van der Waals surface area contributed by atoms with Crippen molar-refractivity contribution in [3.8, 4) is 0 Å². The number of amides is 4. The van der Waals surface area contributed by atoms with E-state index < -0.39 is 0 Å². The van der Waals surface area contributed by atoms with E-state index in [0.29, 0.717) is 35.5 Å². The van der Waals surface area contributed by atoms with Crippen LogP contribution in [0.4, 0.5) is 11.4 Å². The van der Waals surface area contributed by atoms with Gasteiger partial charge in [-0.2, -0.15) is 0 Å². The van der Waals surface area contributed by atoms with Gasteiger partial charge in [-0.15, -0.1) is 0 Å². The molecule has 4 rings (SSSR count). The zero-order chi connectivity index (χ0) is 19.7. The molecule has 0 aromatic heterocycles. The molecule has 1 fully saturated rings. The Kier molecular flexibility index (Phi) is 4.65. The summed E-state index contributed by atoms with van der Waals surface area (Å²) in [7, 11) is 0. The molecule has 0 saturated carbocycles. The number of hydrogen-bond acceptors (Lipinski definition) is 4. The highest BCUT2D eigenvalue weighted by Gasteiger charge is 2.35. The van der Waals surface area contributed by atoms with Gasteiger partial charge in [0.2, 0.25) is 11.8 Å². The zero-order valence-corrected chi connectivity index (χ0v) is 15.2. The first-order valence-electron chi connectivity index (χ1n) is 9.21. The molecule has 28 heavy (non-hydrogen) atoms. The van der Waals surface area contributed by atoms with Crippen LogP contribution in [-0.4, -0.2) is 41.6 Å². The fraction of sp³-hybridized carbons (Fsp3) is 0.238. The van der Waals surface area contributed by atoms with E-state index in [1.54, 1.807) is 47.4 Å². The van der Waals surface area contributed by atoms with Crippen LogP contribution in [0.5, 0.6) is 0 Å². The average Bonchev–Trinajstić information content (AvgIpc) is 3.23. The molecular weight excluding hydrogens is 358 g/mol. The molecule has 1 N–H and O–H groups in total. The van der Waals surface area contributed by atoms with Crippen LogP contribution in [-0.2, 0) is 9.59 Å². The van der Waals surface area contributed by atoms with Gasteiger partial charge in [0.1, 0.15) is 0 Å². The fourth-order valence-corrected chi connectivity index (χ4v) is 3.59. The number of carbonyl (C=O) groups excluding carboxylic acids is 4. The van der Waals surface area contributed by atoms with Crippen LogP contribution in [0.15, 0.2) is 48.5 Å². The minimum Gasteiger partial charge on any atom is -0.324 e. The van der Waals surface area contributed by atoms with Gasteiger partial charge in [0.25, 0.3) is 11.8 Å². The van der Waals surface area contributed by atoms with Crippen molar-refractivity contribution >= 4 is 35.0 Å². The van der Waals surface area contributed by atoms with Gasteiger partial charge in [-0.1, -0.05) is 24.3 Å². The molecule has 7 nitrogen and oxygen atoms in total. The van der Waals surface area contributed by atoms with Crippen LogP contribution in [0.1, 0.15) is 40.0 Å². The van der Waals surface area contributed by atoms with E-state index in [1.165, 1.54) is 0 Å². The molecule has 0 bridgehead atoms. The maximum absolute atomic E-state index is 12.4. The Morgan fingerprint density at radius 1 is 0.929 bits per heavy atom. The quantitative estimate of drug-likeness (QED) is 0.811. The zero-order valence-electron chi connectivity index (χ0n) is 15.2. The Morgan fingerprint density at radius 2 is 1.57 bits per heavy atom. The normalized spacial score (nSPS) is 15.9. The number of nitrogens with zero attached hydrogens (tertiary/aromatic N) is 2. The molecule has 0 radical (unpaired) electrons. The summed E-state index contributed by atoms with van der Waals surface area (Å²) in [6.45, 7) is 0.629. The maximum atomic E-state index is 12.4. The number of benzene rings is 2. The lowest BCUT2D eigenvalue weighted by molar-refractivity contribution is -0.117. The molecule has 142 valence electrons. The van der Waals surface area contributed by atoms with Crippen LogP contribution in [0.3, 0.4) is 0 Å². The summed E-state index contributed by atoms with van der Waals surface area (Å²) < 4.78 is 0. The van der Waals surface area contributed by atoms with E-state index in [-0.39, 0.29) is 36.6 Å². The number of carbonyl (C=O) groups is 4. The molecule has 0 unspecified atom stereocenters. The minimum atomic E-state index is -0.378. The fourth-order valence-electron chi connectivity index (χ4n) is 3.59. The first-order chi connectivity index (χ1) is 13.6. The minimum absolute atomic E-state index is 0.00297. The molecule has 2 aliphatic heterocycles. The van der Waals surface area contributed by atoms with E-state index in [0.717, 1.165) is 11.3 Å². The average molecular weight is 377 g/mol. The van der Waals surface area contributed by atoms with Crippen molar-refractivity contribution in [3.05, 3.63) is 59.7 Å². The Bertz CT molecular complexity index is 950. The van der Waals surface area contributed by atoms with Crippen molar-refractivity contribution < 1.29 is 19.2 Å². The Hall–Kier alpha value is -3.48. The number of fused-ring (bicyclic) bond motifs is 1. The Morgan fingerprint density at radius 3 is 2.21 bits per heavy atom. The van der Waals surface area contributed by atoms with Crippen LogP contribution in [0.2, 0.25) is 0 Å². The van der Waals surface area contributed by atoms with Crippen molar-refractivity contribution in [2.45, 2.75) is 19.3 Å². The van der Waals surface area contributed by atoms with Gasteiger partial charge in [-0.25, -0.2) is 0 Å². The van der Waals surface area contributed by atoms with Gasteiger partial charge in [-0.3, -0.25) is 24.1 Å². The van der Waals surface area contributed by atoms with E-state index in [1.807, 2.05) is 6.07 Å². The molecule has 2 aromatic carbocycles. The summed E-state index contributed by atoms with van der Waals surface area (Å²) in [4.78, 5) is 52.0. The monoisotopic (exact) mass is 377 g/mol. The summed E-state index contributed by atoms with van der Waals surface area (Å²) in [6, 6.07) is 13.8. The molecule has 2 aromatic rings. The number of para-hydroxylation sites is 2. The summed E-state index contributed by atoms with van der Waals surface area (Å²) >= 11 is 0. The lowest BCUT2D eigenvalue weighted by Gasteiger charge is -2.20. The van der Waals surface area contributed by atoms with Crippen LogP contribution < -0.4 is 10.2 Å². The molecule has 0 aliphatic carbocycles. The van der Waals surface area contributed by atoms with Gasteiger partial charge in [0.15, 0.2) is 0 Å². The number of hydrogen-bond donors (Lipinski definition) is 1. The Labute approximate surface area is 161 Å². The SMILES string of the molecule is O=C(CCN1C(=O)c2ccccc2C1=O)Nc1ccccc1N1CCCC1=O. The summed E-state index contributed by atoms with van der Waals surface area (Å²) in [5, 5.41) is 2.80. The van der Waals surface area contributed by atoms with Gasteiger partial charge >= 0.3 is 0 Å². The van der Waals surface area contributed by atoms with Crippen LogP contribution >= 0.6 is 0 Å². The first-order valence-corrected chi connectivity index (χ1v) is 9.21. The van der Waals surface area contributed by atoms with Crippen LogP contribution in [0.25, 0.3) is 0 Å². The predicted octanol–water partition coefficient (Wildman–Crippen LogP) is 2.44. The second kappa shape index (κ2) is 7.26. The van der Waals surface area contributed by atoms with Crippen molar-refractivity contribution in [1.82, 2.24) is 4.90 Å². The number of imide groups is 1. The molecule has 0 spiro atoms. The topological polar surface area (TPSA) is 86.8 Å². The van der Waals surface area contributed by atoms with E-state index in [9.17, 15) is 19.2 Å². The lowest BCUT2D eigenvalue weighted by atomic mass is 10.1. The number of anilines is 2. The summed E-state index contributed by atoms with van der Waals surface area (Å²) in [5.41, 5.74) is 1.95. The smallest absolute Gasteiger partial charge is 0.261 e. The molecule has 7 heteroatoms. The third-order valence-electron chi connectivity index (χ3n) is 4.98. The predicted molar refractivity (Wildman–Crippen MR) is 103 cm³/mol. The summed E-state index contributed by atoms with van der Waals surface area (Å²) in [5.74, 6) is -1.05. The van der Waals surface area contributed by atoms with Gasteiger partial charge in [0, 0.05) is 25.9 Å². The highest BCUT2D eigenvalue weighted by atomic mass is 16.2. The molecule has 2 aliphatic rings. The first kappa shape index (κ1) is 17.9. The van der Waals surface area contributed by atoms with Gasteiger partial charge in [-0.05, 0) is 30.7 Å². The number of rotatable bonds is 5. The van der Waals surface area contributed by atoms with Gasteiger partial charge in [0.05, 0.1) is 22.5 Å². The second-order valence-electron chi connectivity index (χ2n) is 6.77. The standard InChI is InChI=1S/C21H19N3O4/c25-18(11-13-24-20(27)14-6-1-2-7-15(14)21(24)28)22-16-8-3-4-9-17(16)23-12-5-10-19(23)26/h1-4,6-9H,5,10-13H2,(H,22,25). The van der Waals surface area contributed by atoms with Crippen molar-refractivity contribution in [3.63, 3.8) is 0 Å². The van der Waals surface area contributed by atoms with Gasteiger partial charge < -0.3 is 10.2 Å². The maximum Gasteiger partial charge on any atom is 0.261 e. The molecule has 1 saturated heterocycles. The third-order valence-corrected chi connectivity index (χ3v) is 4.98. The van der Waals surface area contributed by atoms with E-state index in [4.69, 9.17) is 0 Å². The third kappa shape index (κ3) is 3.15. The van der Waals surface area contributed by atoms with Crippen molar-refractivity contribution in [1.29, 1.82) is 0 Å². The Balaban J connectivity index is 1.42. The largest absolute Gasteiger partial charge is 0.324 e. The summed E-state index contributed by atoms with van der Waals surface area (Å²) in [6.07, 6.45) is 1.27. The van der Waals surface area contributed by atoms with Crippen molar-refractivity contribution in [2.24, 2.45) is 0 Å². The highest BCUT2D eigenvalue weighted by molar-refractivity contribution is 6.21. The molecular formula is C21H19N3O4. The second-order valence-corrected chi connectivity index (χ2v) is 6.77.